The number of aromatic nitrogens is 4. The van der Waals surface area contributed by atoms with Crippen molar-refractivity contribution in [3.05, 3.63) is 55.1 Å². The molecule has 3 amide bonds. The van der Waals surface area contributed by atoms with Crippen LogP contribution in [0.1, 0.15) is 86.1 Å². The van der Waals surface area contributed by atoms with E-state index in [0.29, 0.717) is 25.1 Å². The van der Waals surface area contributed by atoms with Gasteiger partial charge in [-0.1, -0.05) is 69.3 Å². The predicted molar refractivity (Wildman–Crippen MR) is 198 cm³/mol. The van der Waals surface area contributed by atoms with E-state index in [1.807, 2.05) is 63.2 Å². The molecule has 53 heavy (non-hydrogen) atoms. The SMILES string of the molecule is C=CC[C@@H]1C[C@@]1(NC(=O)[C@@H]1C[C@@H](n2nnc(-c3cccc4ccccc34)n2)CC1C(=O)C(NC(=O)OC(C)(C)C)C(C)(C)C)C(=O)NS(=O)(=O)C1CC1. The van der Waals surface area contributed by atoms with E-state index in [2.05, 4.69) is 32.2 Å². The number of amides is 3. The van der Waals surface area contributed by atoms with Gasteiger partial charge in [-0.25, -0.2) is 13.2 Å². The number of nitrogens with zero attached hydrogens (tertiary/aromatic N) is 4. The van der Waals surface area contributed by atoms with Crippen LogP contribution in [-0.4, -0.2) is 74.7 Å². The van der Waals surface area contributed by atoms with Crippen LogP contribution >= 0.6 is 0 Å². The number of ketones is 1. The Morgan fingerprint density at radius 2 is 1.70 bits per heavy atom. The highest BCUT2D eigenvalue weighted by atomic mass is 32.2. The van der Waals surface area contributed by atoms with E-state index in [9.17, 15) is 27.6 Å². The van der Waals surface area contributed by atoms with E-state index >= 15 is 0 Å². The number of sulfonamides is 1. The minimum atomic E-state index is -3.89. The first-order valence-corrected chi connectivity index (χ1v) is 19.7. The van der Waals surface area contributed by atoms with Gasteiger partial charge in [-0.05, 0) is 86.6 Å². The van der Waals surface area contributed by atoms with E-state index < -0.39 is 73.7 Å². The van der Waals surface area contributed by atoms with Gasteiger partial charge < -0.3 is 15.4 Å². The molecule has 3 aliphatic rings. The lowest BCUT2D eigenvalue weighted by molar-refractivity contribution is -0.137. The molecule has 0 aliphatic heterocycles. The van der Waals surface area contributed by atoms with Crippen molar-refractivity contribution in [1.29, 1.82) is 0 Å². The highest BCUT2D eigenvalue weighted by Gasteiger charge is 2.62. The molecule has 3 saturated carbocycles. The zero-order chi connectivity index (χ0) is 38.5. The number of Topliss-reactive ketones (excluding diaryl/α,β-unsaturated/α-hetero) is 1. The molecule has 3 aliphatic carbocycles. The first kappa shape index (κ1) is 38.1. The predicted octanol–water partition coefficient (Wildman–Crippen LogP) is 4.63. The maximum Gasteiger partial charge on any atom is 0.408 e. The average Bonchev–Trinajstić information content (AvgIpc) is 3.94. The van der Waals surface area contributed by atoms with Crippen molar-refractivity contribution in [2.75, 3.05) is 0 Å². The summed E-state index contributed by atoms with van der Waals surface area (Å²) >= 11 is 0. The Kier molecular flexibility index (Phi) is 10.0. The number of ether oxygens (including phenoxy) is 1. The number of allylic oxidation sites excluding steroid dienone is 1. The van der Waals surface area contributed by atoms with Crippen molar-refractivity contribution in [3.8, 4) is 11.4 Å². The normalized spacial score (nSPS) is 24.9. The molecule has 1 heterocycles. The van der Waals surface area contributed by atoms with Crippen molar-refractivity contribution in [2.24, 2.45) is 23.2 Å². The fourth-order valence-electron chi connectivity index (χ4n) is 7.36. The first-order valence-electron chi connectivity index (χ1n) is 18.1. The zero-order valence-electron chi connectivity index (χ0n) is 31.1. The molecule has 0 saturated heterocycles. The molecule has 0 bridgehead atoms. The summed E-state index contributed by atoms with van der Waals surface area (Å²) in [7, 11) is -3.89. The summed E-state index contributed by atoms with van der Waals surface area (Å²) < 4.78 is 33.2. The molecule has 1 aromatic heterocycles. The summed E-state index contributed by atoms with van der Waals surface area (Å²) in [6, 6.07) is 12.1. The van der Waals surface area contributed by atoms with Crippen LogP contribution in [-0.2, 0) is 29.1 Å². The van der Waals surface area contributed by atoms with E-state index in [0.717, 1.165) is 16.3 Å². The molecule has 14 nitrogen and oxygen atoms in total. The van der Waals surface area contributed by atoms with Crippen LogP contribution in [0.5, 0.6) is 0 Å². The summed E-state index contributed by atoms with van der Waals surface area (Å²) in [5.74, 6) is -3.64. The first-order chi connectivity index (χ1) is 24.8. The summed E-state index contributed by atoms with van der Waals surface area (Å²) in [4.78, 5) is 57.1. The van der Waals surface area contributed by atoms with Gasteiger partial charge in [-0.3, -0.25) is 19.1 Å². The third-order valence-corrected chi connectivity index (χ3v) is 12.2. The number of alkyl carbamates (subject to hydrolysis) is 1. The Morgan fingerprint density at radius 3 is 2.36 bits per heavy atom. The molecule has 3 N–H and O–H groups in total. The molecule has 0 spiro atoms. The van der Waals surface area contributed by atoms with E-state index in [-0.39, 0.29) is 31.0 Å². The Labute approximate surface area is 309 Å². The van der Waals surface area contributed by atoms with Crippen LogP contribution in [0.4, 0.5) is 4.79 Å². The third kappa shape index (κ3) is 8.14. The molecular formula is C38H49N7O7S. The molecule has 3 aromatic rings. The van der Waals surface area contributed by atoms with E-state index in [1.165, 1.54) is 4.80 Å². The van der Waals surface area contributed by atoms with Gasteiger partial charge in [0.15, 0.2) is 5.78 Å². The number of tetrazole rings is 1. The second-order valence-electron chi connectivity index (χ2n) is 16.7. The zero-order valence-corrected chi connectivity index (χ0v) is 31.9. The van der Waals surface area contributed by atoms with Crippen molar-refractivity contribution in [3.63, 3.8) is 0 Å². The van der Waals surface area contributed by atoms with Gasteiger partial charge in [0.1, 0.15) is 11.1 Å². The fourth-order valence-corrected chi connectivity index (χ4v) is 8.73. The summed E-state index contributed by atoms with van der Waals surface area (Å²) in [5, 5.41) is 20.4. The quantitative estimate of drug-likeness (QED) is 0.220. The van der Waals surface area contributed by atoms with E-state index in [1.54, 1.807) is 26.8 Å². The minimum absolute atomic E-state index is 0.126. The number of carbonyl (C=O) groups excluding carboxylic acids is 4. The van der Waals surface area contributed by atoms with Crippen molar-refractivity contribution in [1.82, 2.24) is 35.6 Å². The Morgan fingerprint density at radius 1 is 1.02 bits per heavy atom. The summed E-state index contributed by atoms with van der Waals surface area (Å²) in [6.07, 6.45) is 2.66. The van der Waals surface area contributed by atoms with Gasteiger partial charge in [0.05, 0.1) is 17.3 Å². The molecule has 6 atom stereocenters. The topological polar surface area (TPSA) is 191 Å². The molecular weight excluding hydrogens is 699 g/mol. The fraction of sp³-hybridized carbons (Fsp3) is 0.553. The Hall–Kier alpha value is -4.66. The number of benzene rings is 2. The second-order valence-corrected chi connectivity index (χ2v) is 18.7. The van der Waals surface area contributed by atoms with Crippen LogP contribution in [0.2, 0.25) is 0 Å². The molecule has 0 radical (unpaired) electrons. The van der Waals surface area contributed by atoms with Gasteiger partial charge in [0.2, 0.25) is 21.8 Å². The number of fused-ring (bicyclic) bond motifs is 1. The van der Waals surface area contributed by atoms with Gasteiger partial charge >= 0.3 is 6.09 Å². The smallest absolute Gasteiger partial charge is 0.408 e. The minimum Gasteiger partial charge on any atom is -0.444 e. The van der Waals surface area contributed by atoms with Crippen LogP contribution in [0, 0.1) is 23.2 Å². The lowest BCUT2D eigenvalue weighted by atomic mass is 9.77. The third-order valence-electron chi connectivity index (χ3n) is 10.3. The lowest BCUT2D eigenvalue weighted by Gasteiger charge is -2.34. The molecule has 2 aromatic carbocycles. The number of hydrogen-bond donors (Lipinski definition) is 3. The Bertz CT molecular complexity index is 2040. The van der Waals surface area contributed by atoms with Crippen LogP contribution < -0.4 is 15.4 Å². The molecule has 284 valence electrons. The number of carbonyl (C=O) groups is 4. The van der Waals surface area contributed by atoms with Gasteiger partial charge in [0, 0.05) is 17.4 Å². The standard InChI is InChI=1S/C38H49N7O7S/c1-8-12-23-21-38(23,34(48)43-53(50,51)25-17-18-25)40-33(47)29-20-24(19-28(29)30(46)31(36(2,3)4)39-35(49)52-37(5,6)7)45-42-32(41-44-45)27-16-11-14-22-13-9-10-15-26(22)27/h8-11,13-16,23-25,28-29,31H,1,12,17-21H2,2-7H3,(H,39,49)(H,40,47)(H,43,48)/t23-,24+,28?,29-,31?,38+/m1/s1. The average molecular weight is 748 g/mol. The molecule has 6 rings (SSSR count). The van der Waals surface area contributed by atoms with E-state index in [4.69, 9.17) is 9.84 Å². The van der Waals surface area contributed by atoms with Crippen molar-refractivity contribution < 1.29 is 32.3 Å². The molecule has 3 fully saturated rings. The van der Waals surface area contributed by atoms with Crippen molar-refractivity contribution in [2.45, 2.75) is 109 Å². The highest BCUT2D eigenvalue weighted by Crippen LogP contribution is 2.49. The lowest BCUT2D eigenvalue weighted by Crippen LogP contribution is -2.56. The maximum atomic E-state index is 14.6. The number of rotatable bonds is 12. The Balaban J connectivity index is 1.31. The number of nitrogens with one attached hydrogen (secondary N) is 3. The van der Waals surface area contributed by atoms with Gasteiger partial charge in [0.25, 0.3) is 5.91 Å². The largest absolute Gasteiger partial charge is 0.444 e. The summed E-state index contributed by atoms with van der Waals surface area (Å²) in [5.41, 5.74) is -2.29. The van der Waals surface area contributed by atoms with Crippen LogP contribution in [0.3, 0.4) is 0 Å². The maximum absolute atomic E-state index is 14.6. The monoisotopic (exact) mass is 747 g/mol. The van der Waals surface area contributed by atoms with Crippen LogP contribution in [0.25, 0.3) is 22.2 Å². The van der Waals surface area contributed by atoms with Crippen LogP contribution in [0.15, 0.2) is 55.1 Å². The summed E-state index contributed by atoms with van der Waals surface area (Å²) in [6.45, 7) is 14.4. The van der Waals surface area contributed by atoms with Gasteiger partial charge in [-0.15, -0.1) is 16.8 Å². The molecule has 2 unspecified atom stereocenters. The second kappa shape index (κ2) is 14.0. The highest BCUT2D eigenvalue weighted by molar-refractivity contribution is 7.91. The van der Waals surface area contributed by atoms with Gasteiger partial charge in [-0.2, -0.15) is 4.80 Å². The van der Waals surface area contributed by atoms with Crippen molar-refractivity contribution >= 4 is 44.5 Å². The molecule has 15 heteroatoms. The number of hydrogen-bond acceptors (Lipinski definition) is 10.